The Morgan fingerprint density at radius 1 is 1.50 bits per heavy atom. The summed E-state index contributed by atoms with van der Waals surface area (Å²) in [6.45, 7) is 2.59. The molecule has 2 aromatic rings. The number of phenolic OH excluding ortho intramolecular Hbond substituents is 1. The van der Waals surface area contributed by atoms with Crippen molar-refractivity contribution in [1.29, 1.82) is 0 Å². The van der Waals surface area contributed by atoms with E-state index in [0.29, 0.717) is 12.3 Å². The highest BCUT2D eigenvalue weighted by molar-refractivity contribution is 6.31. The fourth-order valence-corrected chi connectivity index (χ4v) is 3.12. The van der Waals surface area contributed by atoms with Gasteiger partial charge in [0.05, 0.1) is 16.4 Å². The van der Waals surface area contributed by atoms with Crippen LogP contribution < -0.4 is 5.32 Å². The number of nitrogens with zero attached hydrogens (tertiary/aromatic N) is 2. The number of aromatic nitrogens is 2. The van der Waals surface area contributed by atoms with E-state index >= 15 is 0 Å². The molecule has 4 nitrogen and oxygen atoms in total. The summed E-state index contributed by atoms with van der Waals surface area (Å²) in [6, 6.07) is 5.88. The summed E-state index contributed by atoms with van der Waals surface area (Å²) in [7, 11) is 1.91. The molecule has 5 heteroatoms. The van der Waals surface area contributed by atoms with Gasteiger partial charge in [0, 0.05) is 19.6 Å². The molecule has 1 aromatic heterocycles. The molecule has 20 heavy (non-hydrogen) atoms. The van der Waals surface area contributed by atoms with Crippen molar-refractivity contribution < 1.29 is 5.11 Å². The fraction of sp³-hybridized carbons (Fsp3) is 0.400. The van der Waals surface area contributed by atoms with Crippen molar-refractivity contribution in [2.75, 3.05) is 0 Å². The summed E-state index contributed by atoms with van der Waals surface area (Å²) in [6.07, 6.45) is 2.10. The lowest BCUT2D eigenvalue weighted by molar-refractivity contribution is 0.470. The zero-order valence-corrected chi connectivity index (χ0v) is 12.4. The van der Waals surface area contributed by atoms with Gasteiger partial charge in [-0.2, -0.15) is 5.10 Å². The lowest BCUT2D eigenvalue weighted by Crippen LogP contribution is -2.20. The molecule has 1 heterocycles. The summed E-state index contributed by atoms with van der Waals surface area (Å²) < 4.78 is 1.82. The van der Waals surface area contributed by atoms with Gasteiger partial charge in [-0.1, -0.05) is 17.7 Å². The van der Waals surface area contributed by atoms with Crippen LogP contribution in [0.2, 0.25) is 5.02 Å². The Hall–Kier alpha value is -1.52. The Morgan fingerprint density at radius 2 is 2.30 bits per heavy atom. The molecule has 0 spiro atoms. The van der Waals surface area contributed by atoms with E-state index in [-0.39, 0.29) is 6.04 Å². The van der Waals surface area contributed by atoms with Gasteiger partial charge >= 0.3 is 0 Å². The van der Waals surface area contributed by atoms with Crippen LogP contribution in [0.3, 0.4) is 0 Å². The molecule has 0 bridgehead atoms. The number of hydrogen-bond donors (Lipinski definition) is 2. The normalized spacial score (nSPS) is 17.4. The summed E-state index contributed by atoms with van der Waals surface area (Å²) in [5.74, 6) is 0.326. The molecule has 106 valence electrons. The molecule has 1 aromatic carbocycles. The SMILES string of the molecule is Cc1nn(C)c(CNC2CCc3ccc(O)cc32)c1Cl. The van der Waals surface area contributed by atoms with Crippen molar-refractivity contribution in [2.24, 2.45) is 7.05 Å². The topological polar surface area (TPSA) is 50.1 Å². The highest BCUT2D eigenvalue weighted by atomic mass is 35.5. The Balaban J connectivity index is 1.76. The number of nitrogens with one attached hydrogen (secondary N) is 1. The van der Waals surface area contributed by atoms with E-state index in [0.717, 1.165) is 29.3 Å². The van der Waals surface area contributed by atoms with Gasteiger partial charge in [0.25, 0.3) is 0 Å². The molecule has 0 saturated carbocycles. The zero-order valence-electron chi connectivity index (χ0n) is 11.7. The number of fused-ring (bicyclic) bond motifs is 1. The van der Waals surface area contributed by atoms with Gasteiger partial charge in [-0.05, 0) is 43.0 Å². The number of benzene rings is 1. The summed E-state index contributed by atoms with van der Waals surface area (Å²) in [4.78, 5) is 0. The van der Waals surface area contributed by atoms with Crippen LogP contribution >= 0.6 is 11.6 Å². The molecule has 2 N–H and O–H groups in total. The van der Waals surface area contributed by atoms with E-state index < -0.39 is 0 Å². The highest BCUT2D eigenvalue weighted by Gasteiger charge is 2.23. The van der Waals surface area contributed by atoms with Gasteiger partial charge < -0.3 is 10.4 Å². The van der Waals surface area contributed by atoms with Gasteiger partial charge in [-0.3, -0.25) is 4.68 Å². The monoisotopic (exact) mass is 291 g/mol. The highest BCUT2D eigenvalue weighted by Crippen LogP contribution is 2.33. The molecule has 0 radical (unpaired) electrons. The van der Waals surface area contributed by atoms with E-state index in [1.807, 2.05) is 30.8 Å². The van der Waals surface area contributed by atoms with Crippen LogP contribution in [0.5, 0.6) is 5.75 Å². The minimum absolute atomic E-state index is 0.267. The van der Waals surface area contributed by atoms with Crippen LogP contribution in [0.4, 0.5) is 0 Å². The zero-order chi connectivity index (χ0) is 14.3. The molecular formula is C15H18ClN3O. The molecule has 3 rings (SSSR count). The molecule has 1 atom stereocenters. The van der Waals surface area contributed by atoms with Gasteiger partial charge in [0.15, 0.2) is 0 Å². The molecule has 1 aliphatic rings. The third-order valence-electron chi connectivity index (χ3n) is 3.98. The third kappa shape index (κ3) is 2.30. The van der Waals surface area contributed by atoms with E-state index in [9.17, 15) is 5.11 Å². The minimum atomic E-state index is 0.267. The summed E-state index contributed by atoms with van der Waals surface area (Å²) in [5, 5.41) is 18.2. The molecule has 1 unspecified atom stereocenters. The van der Waals surface area contributed by atoms with Crippen LogP contribution in [0, 0.1) is 6.92 Å². The van der Waals surface area contributed by atoms with Gasteiger partial charge in [0.1, 0.15) is 5.75 Å². The average molecular weight is 292 g/mol. The first-order valence-corrected chi connectivity index (χ1v) is 7.17. The average Bonchev–Trinajstić information content (AvgIpc) is 2.90. The number of rotatable bonds is 3. The molecule has 0 amide bonds. The maximum absolute atomic E-state index is 9.63. The molecule has 0 aliphatic heterocycles. The Morgan fingerprint density at radius 3 is 3.00 bits per heavy atom. The van der Waals surface area contributed by atoms with E-state index in [2.05, 4.69) is 10.4 Å². The molecular weight excluding hydrogens is 274 g/mol. The third-order valence-corrected chi connectivity index (χ3v) is 4.48. The van der Waals surface area contributed by atoms with Crippen molar-refractivity contribution in [3.8, 4) is 5.75 Å². The molecule has 0 fully saturated rings. The lowest BCUT2D eigenvalue weighted by atomic mass is 10.1. The maximum Gasteiger partial charge on any atom is 0.115 e. The van der Waals surface area contributed by atoms with Crippen LogP contribution in [0.25, 0.3) is 0 Å². The predicted octanol–water partition coefficient (Wildman–Crippen LogP) is 2.86. The second-order valence-corrected chi connectivity index (χ2v) is 5.70. The molecule has 0 saturated heterocycles. The first kappa shape index (κ1) is 13.5. The Kier molecular flexibility index (Phi) is 3.44. The second kappa shape index (κ2) is 5.11. The standard InChI is InChI=1S/C15H18ClN3O/c1-9-15(16)14(19(2)18-9)8-17-13-6-4-10-3-5-11(20)7-12(10)13/h3,5,7,13,17,20H,4,6,8H2,1-2H3. The van der Waals surface area contributed by atoms with Gasteiger partial charge in [-0.25, -0.2) is 0 Å². The number of aryl methyl sites for hydroxylation is 3. The largest absolute Gasteiger partial charge is 0.508 e. The number of phenols is 1. The van der Waals surface area contributed by atoms with E-state index in [1.165, 1.54) is 11.1 Å². The first-order valence-electron chi connectivity index (χ1n) is 6.79. The minimum Gasteiger partial charge on any atom is -0.508 e. The summed E-state index contributed by atoms with van der Waals surface area (Å²) in [5.41, 5.74) is 4.36. The van der Waals surface area contributed by atoms with Crippen molar-refractivity contribution in [2.45, 2.75) is 32.4 Å². The number of halogens is 1. The van der Waals surface area contributed by atoms with Crippen LogP contribution in [0.1, 0.15) is 35.0 Å². The van der Waals surface area contributed by atoms with Gasteiger partial charge in [-0.15, -0.1) is 0 Å². The Bertz CT molecular complexity index is 651. The summed E-state index contributed by atoms with van der Waals surface area (Å²) >= 11 is 6.26. The number of aromatic hydroxyl groups is 1. The van der Waals surface area contributed by atoms with Crippen LogP contribution in [0.15, 0.2) is 18.2 Å². The Labute approximate surface area is 123 Å². The van der Waals surface area contributed by atoms with Crippen molar-refractivity contribution in [3.63, 3.8) is 0 Å². The molecule has 1 aliphatic carbocycles. The fourth-order valence-electron chi connectivity index (χ4n) is 2.89. The lowest BCUT2D eigenvalue weighted by Gasteiger charge is -2.14. The number of hydrogen-bond acceptors (Lipinski definition) is 3. The first-order chi connectivity index (χ1) is 9.56. The van der Waals surface area contributed by atoms with Gasteiger partial charge in [0.2, 0.25) is 0 Å². The predicted molar refractivity (Wildman–Crippen MR) is 79.0 cm³/mol. The maximum atomic E-state index is 9.63. The van der Waals surface area contributed by atoms with Crippen molar-refractivity contribution in [3.05, 3.63) is 45.7 Å². The smallest absolute Gasteiger partial charge is 0.115 e. The second-order valence-electron chi connectivity index (χ2n) is 5.32. The van der Waals surface area contributed by atoms with Crippen LogP contribution in [-0.4, -0.2) is 14.9 Å². The van der Waals surface area contributed by atoms with Crippen molar-refractivity contribution in [1.82, 2.24) is 15.1 Å². The quantitative estimate of drug-likeness (QED) is 0.914. The van der Waals surface area contributed by atoms with E-state index in [1.54, 1.807) is 6.07 Å². The van der Waals surface area contributed by atoms with E-state index in [4.69, 9.17) is 11.6 Å². The van der Waals surface area contributed by atoms with Crippen LogP contribution in [-0.2, 0) is 20.0 Å². The van der Waals surface area contributed by atoms with Crippen molar-refractivity contribution >= 4 is 11.6 Å².